The molecular weight excluding hydrogens is 250 g/mol. The second kappa shape index (κ2) is 5.36. The highest BCUT2D eigenvalue weighted by atomic mass is 16.6. The van der Waals surface area contributed by atoms with Crippen molar-refractivity contribution in [3.05, 3.63) is 0 Å². The Labute approximate surface area is 113 Å². The first-order chi connectivity index (χ1) is 8.57. The standard InChI is InChI=1S/C13H23NO5/c1-8(15)13(10(16)17)6-5-9(7-13)14-11(18)19-12(2,3)4/h8-9,15H,5-7H2,1-4H3,(H,14,18)(H,16,17)/t8?,9-,13+/m1/s1. The Kier molecular flexibility index (Phi) is 4.45. The van der Waals surface area contributed by atoms with E-state index in [9.17, 15) is 19.8 Å². The third-order valence-corrected chi connectivity index (χ3v) is 3.50. The largest absolute Gasteiger partial charge is 0.481 e. The van der Waals surface area contributed by atoms with Gasteiger partial charge in [0, 0.05) is 6.04 Å². The summed E-state index contributed by atoms with van der Waals surface area (Å²) in [6, 6.07) is -0.277. The highest BCUT2D eigenvalue weighted by molar-refractivity contribution is 5.76. The molecule has 1 aliphatic carbocycles. The van der Waals surface area contributed by atoms with Crippen molar-refractivity contribution in [2.24, 2.45) is 5.41 Å². The van der Waals surface area contributed by atoms with Crippen LogP contribution in [0.25, 0.3) is 0 Å². The molecule has 0 aromatic carbocycles. The van der Waals surface area contributed by atoms with Gasteiger partial charge in [-0.2, -0.15) is 0 Å². The quantitative estimate of drug-likeness (QED) is 0.724. The number of amides is 1. The van der Waals surface area contributed by atoms with Crippen molar-refractivity contribution < 1.29 is 24.5 Å². The third kappa shape index (κ3) is 3.83. The molecule has 0 radical (unpaired) electrons. The maximum absolute atomic E-state index is 11.6. The van der Waals surface area contributed by atoms with Gasteiger partial charge >= 0.3 is 12.1 Å². The van der Waals surface area contributed by atoms with E-state index in [0.717, 1.165) is 0 Å². The Morgan fingerprint density at radius 1 is 1.42 bits per heavy atom. The second-order valence-electron chi connectivity index (χ2n) is 6.22. The smallest absolute Gasteiger partial charge is 0.407 e. The summed E-state index contributed by atoms with van der Waals surface area (Å²) in [5.41, 5.74) is -1.75. The van der Waals surface area contributed by atoms with E-state index in [-0.39, 0.29) is 12.5 Å². The van der Waals surface area contributed by atoms with Gasteiger partial charge in [0.15, 0.2) is 0 Å². The van der Waals surface area contributed by atoms with Crippen molar-refractivity contribution in [1.29, 1.82) is 0 Å². The molecule has 6 nitrogen and oxygen atoms in total. The molecule has 110 valence electrons. The number of aliphatic hydroxyl groups is 1. The van der Waals surface area contributed by atoms with Crippen LogP contribution in [-0.4, -0.2) is 40.0 Å². The second-order valence-corrected chi connectivity index (χ2v) is 6.22. The van der Waals surface area contributed by atoms with Crippen LogP contribution >= 0.6 is 0 Å². The molecule has 0 heterocycles. The van der Waals surface area contributed by atoms with Gasteiger partial charge in [-0.05, 0) is 47.0 Å². The minimum atomic E-state index is -1.17. The van der Waals surface area contributed by atoms with Gasteiger partial charge in [-0.25, -0.2) is 4.79 Å². The highest BCUT2D eigenvalue weighted by Gasteiger charge is 2.49. The lowest BCUT2D eigenvalue weighted by molar-refractivity contribution is -0.155. The fourth-order valence-corrected chi connectivity index (χ4v) is 2.43. The van der Waals surface area contributed by atoms with Crippen LogP contribution in [0.4, 0.5) is 4.79 Å². The van der Waals surface area contributed by atoms with Crippen molar-refractivity contribution in [2.75, 3.05) is 0 Å². The number of carbonyl (C=O) groups is 2. The molecule has 0 saturated heterocycles. The summed E-state index contributed by atoms with van der Waals surface area (Å²) >= 11 is 0. The number of carboxylic acid groups (broad SMARTS) is 1. The van der Waals surface area contributed by atoms with E-state index in [2.05, 4.69) is 5.32 Å². The van der Waals surface area contributed by atoms with Crippen LogP contribution in [0.15, 0.2) is 0 Å². The van der Waals surface area contributed by atoms with Gasteiger partial charge in [-0.1, -0.05) is 0 Å². The van der Waals surface area contributed by atoms with Gasteiger partial charge in [0.05, 0.1) is 11.5 Å². The predicted octanol–water partition coefficient (Wildman–Crippen LogP) is 1.52. The van der Waals surface area contributed by atoms with E-state index in [0.29, 0.717) is 12.8 Å². The molecule has 19 heavy (non-hydrogen) atoms. The maximum Gasteiger partial charge on any atom is 0.407 e. The SMILES string of the molecule is CC(O)[C@]1(C(=O)O)CC[C@@H](NC(=O)OC(C)(C)C)C1. The topological polar surface area (TPSA) is 95.9 Å². The zero-order chi connectivity index (χ0) is 14.8. The number of nitrogens with one attached hydrogen (secondary N) is 1. The molecule has 1 rings (SSSR count). The van der Waals surface area contributed by atoms with Crippen molar-refractivity contribution >= 4 is 12.1 Å². The predicted molar refractivity (Wildman–Crippen MR) is 68.8 cm³/mol. The minimum absolute atomic E-state index is 0.221. The molecule has 1 saturated carbocycles. The van der Waals surface area contributed by atoms with Crippen molar-refractivity contribution in [2.45, 2.75) is 64.7 Å². The lowest BCUT2D eigenvalue weighted by atomic mass is 9.81. The number of rotatable bonds is 3. The molecule has 1 fully saturated rings. The first kappa shape index (κ1) is 15.8. The van der Waals surface area contributed by atoms with Crippen LogP contribution in [0.3, 0.4) is 0 Å². The third-order valence-electron chi connectivity index (χ3n) is 3.50. The number of hydrogen-bond acceptors (Lipinski definition) is 4. The molecule has 1 unspecified atom stereocenters. The van der Waals surface area contributed by atoms with Gasteiger partial charge in [-0.3, -0.25) is 4.79 Å². The van der Waals surface area contributed by atoms with Crippen LogP contribution in [0.5, 0.6) is 0 Å². The Balaban J connectivity index is 2.61. The average Bonchev–Trinajstić information content (AvgIpc) is 2.59. The molecule has 0 aromatic rings. The maximum atomic E-state index is 11.6. The number of carboxylic acids is 1. The number of hydrogen-bond donors (Lipinski definition) is 3. The highest BCUT2D eigenvalue weighted by Crippen LogP contribution is 2.41. The number of aliphatic hydroxyl groups excluding tert-OH is 1. The Hall–Kier alpha value is -1.30. The van der Waals surface area contributed by atoms with Crippen molar-refractivity contribution in [3.8, 4) is 0 Å². The van der Waals surface area contributed by atoms with E-state index in [1.54, 1.807) is 20.8 Å². The molecule has 3 N–H and O–H groups in total. The van der Waals surface area contributed by atoms with Crippen LogP contribution in [0, 0.1) is 5.41 Å². The Bertz CT molecular complexity index is 361. The normalized spacial score (nSPS) is 28.8. The summed E-state index contributed by atoms with van der Waals surface area (Å²) in [5, 5.41) is 21.6. The van der Waals surface area contributed by atoms with E-state index in [1.807, 2.05) is 0 Å². The van der Waals surface area contributed by atoms with Crippen molar-refractivity contribution in [1.82, 2.24) is 5.32 Å². The lowest BCUT2D eigenvalue weighted by Gasteiger charge is -2.27. The number of carbonyl (C=O) groups excluding carboxylic acids is 1. The van der Waals surface area contributed by atoms with Crippen LogP contribution in [0.1, 0.15) is 47.0 Å². The summed E-state index contributed by atoms with van der Waals surface area (Å²) < 4.78 is 5.13. The Morgan fingerprint density at radius 3 is 2.37 bits per heavy atom. The monoisotopic (exact) mass is 273 g/mol. The van der Waals surface area contributed by atoms with Gasteiger partial charge in [0.25, 0.3) is 0 Å². The minimum Gasteiger partial charge on any atom is -0.481 e. The van der Waals surface area contributed by atoms with E-state index < -0.39 is 29.2 Å². The molecule has 1 amide bonds. The fourth-order valence-electron chi connectivity index (χ4n) is 2.43. The van der Waals surface area contributed by atoms with Crippen LogP contribution in [-0.2, 0) is 9.53 Å². The molecule has 0 spiro atoms. The molecule has 3 atom stereocenters. The average molecular weight is 273 g/mol. The summed E-state index contributed by atoms with van der Waals surface area (Å²) in [5.74, 6) is -1.02. The van der Waals surface area contributed by atoms with Crippen LogP contribution < -0.4 is 5.32 Å². The zero-order valence-electron chi connectivity index (χ0n) is 11.9. The van der Waals surface area contributed by atoms with E-state index >= 15 is 0 Å². The molecular formula is C13H23NO5. The number of ether oxygens (including phenoxy) is 1. The summed E-state index contributed by atoms with van der Waals surface area (Å²) in [6.45, 7) is 6.76. The van der Waals surface area contributed by atoms with Gasteiger partial charge < -0.3 is 20.3 Å². The van der Waals surface area contributed by atoms with Gasteiger partial charge in [0.1, 0.15) is 5.60 Å². The molecule has 1 aliphatic rings. The summed E-state index contributed by atoms with van der Waals surface area (Å²) in [6.07, 6.45) is -0.407. The van der Waals surface area contributed by atoms with Crippen LogP contribution in [0.2, 0.25) is 0 Å². The zero-order valence-corrected chi connectivity index (χ0v) is 11.9. The fraction of sp³-hybridized carbons (Fsp3) is 0.846. The molecule has 0 aromatic heterocycles. The lowest BCUT2D eigenvalue weighted by Crippen LogP contribution is -2.42. The summed E-state index contributed by atoms with van der Waals surface area (Å²) in [4.78, 5) is 22.9. The molecule has 0 bridgehead atoms. The molecule has 6 heteroatoms. The first-order valence-electron chi connectivity index (χ1n) is 6.48. The Morgan fingerprint density at radius 2 is 2.00 bits per heavy atom. The number of aliphatic carboxylic acids is 1. The summed E-state index contributed by atoms with van der Waals surface area (Å²) in [7, 11) is 0. The van der Waals surface area contributed by atoms with Gasteiger partial charge in [0.2, 0.25) is 0 Å². The first-order valence-corrected chi connectivity index (χ1v) is 6.48. The number of alkyl carbamates (subject to hydrolysis) is 1. The van der Waals surface area contributed by atoms with Crippen molar-refractivity contribution in [3.63, 3.8) is 0 Å². The van der Waals surface area contributed by atoms with E-state index in [1.165, 1.54) is 6.92 Å². The van der Waals surface area contributed by atoms with E-state index in [4.69, 9.17) is 4.74 Å². The van der Waals surface area contributed by atoms with Gasteiger partial charge in [-0.15, -0.1) is 0 Å². The molecule has 0 aliphatic heterocycles.